The lowest BCUT2D eigenvalue weighted by molar-refractivity contribution is -0.101. The summed E-state index contributed by atoms with van der Waals surface area (Å²) in [5, 5.41) is 9.37. The van der Waals surface area contributed by atoms with Gasteiger partial charge in [0, 0.05) is 30.4 Å². The first kappa shape index (κ1) is 15.2. The highest BCUT2D eigenvalue weighted by atomic mass is 19.1. The average molecular weight is 282 g/mol. The highest BCUT2D eigenvalue weighted by Gasteiger charge is 2.34. The lowest BCUT2D eigenvalue weighted by Crippen LogP contribution is -2.54. The van der Waals surface area contributed by atoms with Crippen LogP contribution in [0.1, 0.15) is 32.4 Å². The maximum Gasteiger partial charge on any atom is 0.130 e. The Bertz CT molecular complexity index is 477. The van der Waals surface area contributed by atoms with E-state index in [2.05, 4.69) is 0 Å². The average Bonchev–Trinajstić information content (AvgIpc) is 2.36. The van der Waals surface area contributed by atoms with Gasteiger partial charge in [-0.25, -0.2) is 4.39 Å². The van der Waals surface area contributed by atoms with E-state index in [1.807, 2.05) is 24.8 Å². The Hall–Kier alpha value is -1.17. The van der Waals surface area contributed by atoms with Gasteiger partial charge >= 0.3 is 0 Å². The molecule has 1 unspecified atom stereocenters. The van der Waals surface area contributed by atoms with Crippen LogP contribution in [0.25, 0.3) is 0 Å². The molecule has 0 spiro atoms. The maximum atomic E-state index is 14.0. The topological polar surface area (TPSA) is 58.7 Å². The fourth-order valence-corrected chi connectivity index (χ4v) is 2.83. The van der Waals surface area contributed by atoms with Gasteiger partial charge in [-0.1, -0.05) is 6.07 Å². The molecule has 0 amide bonds. The number of morpholine rings is 1. The van der Waals surface area contributed by atoms with Crippen LogP contribution in [0, 0.1) is 5.82 Å². The van der Waals surface area contributed by atoms with E-state index < -0.39 is 5.60 Å². The number of benzene rings is 1. The van der Waals surface area contributed by atoms with Gasteiger partial charge in [0.2, 0.25) is 0 Å². The van der Waals surface area contributed by atoms with E-state index in [4.69, 9.17) is 10.5 Å². The number of aliphatic hydroxyl groups is 1. The smallest absolute Gasteiger partial charge is 0.130 e. The number of anilines is 1. The van der Waals surface area contributed by atoms with Crippen LogP contribution in [0.2, 0.25) is 0 Å². The van der Waals surface area contributed by atoms with E-state index in [0.717, 1.165) is 5.69 Å². The standard InChI is InChI=1S/C15H23FN2O2/c1-10(17)14-12(16)5-4-6-13(14)18-7-11(8-19)20-15(2,3)9-18/h4-6,10-11,19H,7-9,17H2,1-3H3/t10-,11?/m0/s1. The van der Waals surface area contributed by atoms with Gasteiger partial charge in [0.15, 0.2) is 0 Å². The third-order valence-electron chi connectivity index (χ3n) is 3.51. The molecule has 0 saturated carbocycles. The Labute approximate surface area is 119 Å². The van der Waals surface area contributed by atoms with Gasteiger partial charge in [-0.2, -0.15) is 0 Å². The van der Waals surface area contributed by atoms with Crippen LogP contribution < -0.4 is 10.6 Å². The van der Waals surface area contributed by atoms with Gasteiger partial charge in [0.1, 0.15) is 5.82 Å². The molecule has 1 aromatic rings. The van der Waals surface area contributed by atoms with Crippen molar-refractivity contribution in [3.63, 3.8) is 0 Å². The molecule has 4 nitrogen and oxygen atoms in total. The van der Waals surface area contributed by atoms with E-state index in [1.165, 1.54) is 6.07 Å². The van der Waals surface area contributed by atoms with Crippen molar-refractivity contribution in [1.29, 1.82) is 0 Å². The van der Waals surface area contributed by atoms with Gasteiger partial charge < -0.3 is 20.5 Å². The fourth-order valence-electron chi connectivity index (χ4n) is 2.83. The van der Waals surface area contributed by atoms with Crippen LogP contribution in [-0.2, 0) is 4.74 Å². The summed E-state index contributed by atoms with van der Waals surface area (Å²) in [6, 6.07) is 4.60. The molecule has 0 bridgehead atoms. The van der Waals surface area contributed by atoms with Gasteiger partial charge in [0.05, 0.1) is 18.3 Å². The number of hydrogen-bond donors (Lipinski definition) is 2. The maximum absolute atomic E-state index is 14.0. The van der Waals surface area contributed by atoms with Crippen molar-refractivity contribution in [2.45, 2.75) is 38.5 Å². The molecule has 0 radical (unpaired) electrons. The molecule has 1 fully saturated rings. The molecule has 1 aromatic carbocycles. The molecular weight excluding hydrogens is 259 g/mol. The molecule has 0 aromatic heterocycles. The van der Waals surface area contributed by atoms with Crippen LogP contribution in [-0.4, -0.2) is 36.5 Å². The summed E-state index contributed by atoms with van der Waals surface area (Å²) in [6.45, 7) is 6.81. The molecule has 2 rings (SSSR count). The first-order valence-electron chi connectivity index (χ1n) is 6.91. The molecule has 1 aliphatic heterocycles. The Morgan fingerprint density at radius 3 is 2.85 bits per heavy atom. The molecule has 3 N–H and O–H groups in total. The summed E-state index contributed by atoms with van der Waals surface area (Å²) >= 11 is 0. The van der Waals surface area contributed by atoms with E-state index in [0.29, 0.717) is 18.7 Å². The van der Waals surface area contributed by atoms with Crippen molar-refractivity contribution in [1.82, 2.24) is 0 Å². The van der Waals surface area contributed by atoms with Gasteiger partial charge in [0.25, 0.3) is 0 Å². The zero-order valence-electron chi connectivity index (χ0n) is 12.3. The van der Waals surface area contributed by atoms with Gasteiger partial charge in [-0.05, 0) is 32.9 Å². The first-order chi connectivity index (χ1) is 9.34. The molecule has 20 heavy (non-hydrogen) atoms. The van der Waals surface area contributed by atoms with Gasteiger partial charge in [-0.15, -0.1) is 0 Å². The Kier molecular flexibility index (Phi) is 4.32. The number of halogens is 1. The van der Waals surface area contributed by atoms with Crippen molar-refractivity contribution in [2.24, 2.45) is 5.73 Å². The second-order valence-corrected chi connectivity index (χ2v) is 6.02. The minimum Gasteiger partial charge on any atom is -0.394 e. The lowest BCUT2D eigenvalue weighted by Gasteiger charge is -2.44. The summed E-state index contributed by atoms with van der Waals surface area (Å²) in [6.07, 6.45) is -0.275. The largest absolute Gasteiger partial charge is 0.394 e. The molecule has 2 atom stereocenters. The van der Waals surface area contributed by atoms with E-state index >= 15 is 0 Å². The van der Waals surface area contributed by atoms with Crippen LogP contribution in [0.15, 0.2) is 18.2 Å². The van der Waals surface area contributed by atoms with Crippen molar-refractivity contribution >= 4 is 5.69 Å². The summed E-state index contributed by atoms with van der Waals surface area (Å²) in [5.41, 5.74) is 6.82. The Balaban J connectivity index is 2.38. The minimum atomic E-state index is -0.396. The van der Waals surface area contributed by atoms with Gasteiger partial charge in [-0.3, -0.25) is 0 Å². The number of nitrogens with zero attached hydrogens (tertiary/aromatic N) is 1. The molecule has 112 valence electrons. The van der Waals surface area contributed by atoms with Crippen molar-refractivity contribution in [3.05, 3.63) is 29.6 Å². The van der Waals surface area contributed by atoms with Crippen molar-refractivity contribution < 1.29 is 14.2 Å². The van der Waals surface area contributed by atoms with Crippen LogP contribution in [0.4, 0.5) is 10.1 Å². The van der Waals surface area contributed by atoms with E-state index in [9.17, 15) is 9.50 Å². The molecule has 5 heteroatoms. The highest BCUT2D eigenvalue weighted by Crippen LogP contribution is 2.32. The molecular formula is C15H23FN2O2. The minimum absolute atomic E-state index is 0.0528. The second kappa shape index (κ2) is 5.68. The number of ether oxygens (including phenoxy) is 1. The van der Waals surface area contributed by atoms with Crippen molar-refractivity contribution in [2.75, 3.05) is 24.6 Å². The highest BCUT2D eigenvalue weighted by molar-refractivity contribution is 5.56. The fraction of sp³-hybridized carbons (Fsp3) is 0.600. The third-order valence-corrected chi connectivity index (χ3v) is 3.51. The number of rotatable bonds is 3. The number of aliphatic hydroxyl groups excluding tert-OH is 1. The summed E-state index contributed by atoms with van der Waals surface area (Å²) in [7, 11) is 0. The second-order valence-electron chi connectivity index (χ2n) is 6.02. The molecule has 0 aliphatic carbocycles. The first-order valence-corrected chi connectivity index (χ1v) is 6.91. The summed E-state index contributed by atoms with van der Waals surface area (Å²) in [4.78, 5) is 2.05. The van der Waals surface area contributed by atoms with Crippen LogP contribution in [0.3, 0.4) is 0 Å². The Morgan fingerprint density at radius 1 is 1.55 bits per heavy atom. The predicted octanol–water partition coefficient (Wildman–Crippen LogP) is 1.82. The zero-order chi connectivity index (χ0) is 14.9. The molecule has 1 aliphatic rings. The van der Waals surface area contributed by atoms with Crippen molar-refractivity contribution in [3.8, 4) is 0 Å². The van der Waals surface area contributed by atoms with Crippen LogP contribution >= 0.6 is 0 Å². The van der Waals surface area contributed by atoms with Crippen LogP contribution in [0.5, 0.6) is 0 Å². The SMILES string of the molecule is C[C@H](N)c1c(F)cccc1N1CC(CO)OC(C)(C)C1. The quantitative estimate of drug-likeness (QED) is 0.888. The lowest BCUT2D eigenvalue weighted by atomic mass is 10.0. The number of nitrogens with two attached hydrogens (primary N) is 1. The monoisotopic (exact) mass is 282 g/mol. The predicted molar refractivity (Wildman–Crippen MR) is 77.3 cm³/mol. The number of hydrogen-bond acceptors (Lipinski definition) is 4. The third kappa shape index (κ3) is 3.11. The zero-order valence-corrected chi connectivity index (χ0v) is 12.3. The molecule has 1 heterocycles. The Morgan fingerprint density at radius 2 is 2.25 bits per heavy atom. The molecule has 1 saturated heterocycles. The summed E-state index contributed by atoms with van der Waals surface area (Å²) in [5.74, 6) is -0.289. The summed E-state index contributed by atoms with van der Waals surface area (Å²) < 4.78 is 19.8. The van der Waals surface area contributed by atoms with E-state index in [1.54, 1.807) is 13.0 Å². The van der Waals surface area contributed by atoms with E-state index in [-0.39, 0.29) is 24.6 Å². The normalized spacial score (nSPS) is 23.7.